The van der Waals surface area contributed by atoms with Crippen molar-refractivity contribution in [2.45, 2.75) is 44.4 Å². The van der Waals surface area contributed by atoms with Crippen LogP contribution in [-0.2, 0) is 14.8 Å². The van der Waals surface area contributed by atoms with E-state index in [9.17, 15) is 18.0 Å². The Morgan fingerprint density at radius 3 is 2.14 bits per heavy atom. The van der Waals surface area contributed by atoms with Gasteiger partial charge in [0.15, 0.2) is 0 Å². The second-order valence-corrected chi connectivity index (χ2v) is 9.73. The Hall–Kier alpha value is -2.09. The van der Waals surface area contributed by atoms with Crippen LogP contribution in [0.2, 0.25) is 0 Å². The van der Waals surface area contributed by atoms with E-state index in [1.165, 1.54) is 17.0 Å². The summed E-state index contributed by atoms with van der Waals surface area (Å²) in [6, 6.07) is 5.76. The number of carbonyl (C=O) groups excluding carboxylic acids is 2. The van der Waals surface area contributed by atoms with Gasteiger partial charge in [0.2, 0.25) is 5.91 Å². The van der Waals surface area contributed by atoms with Gasteiger partial charge in [-0.05, 0) is 50.7 Å². The van der Waals surface area contributed by atoms with Crippen LogP contribution in [0.5, 0.6) is 0 Å². The summed E-state index contributed by atoms with van der Waals surface area (Å²) < 4.78 is 27.2. The minimum absolute atomic E-state index is 0.0331. The Bertz CT molecular complexity index is 808. The number of aryl methyl sites for hydroxylation is 1. The van der Waals surface area contributed by atoms with E-state index in [0.717, 1.165) is 35.6 Å². The SMILES string of the molecule is Cc1ccc(S(=O)(=O)N(CC(=O)N2CCC(C)CC2)C(=O)N2CCCC2)cc1. The van der Waals surface area contributed by atoms with Crippen LogP contribution >= 0.6 is 0 Å². The minimum Gasteiger partial charge on any atom is -0.341 e. The second-order valence-electron chi connectivity index (χ2n) is 7.86. The molecule has 8 heteroatoms. The number of hydrogen-bond acceptors (Lipinski definition) is 4. The highest BCUT2D eigenvalue weighted by molar-refractivity contribution is 7.89. The van der Waals surface area contributed by atoms with E-state index in [4.69, 9.17) is 0 Å². The van der Waals surface area contributed by atoms with E-state index < -0.39 is 22.6 Å². The van der Waals surface area contributed by atoms with Crippen molar-refractivity contribution in [3.05, 3.63) is 29.8 Å². The van der Waals surface area contributed by atoms with E-state index in [1.807, 2.05) is 6.92 Å². The molecule has 0 spiro atoms. The van der Waals surface area contributed by atoms with Crippen molar-refractivity contribution in [3.63, 3.8) is 0 Å². The fraction of sp³-hybridized carbons (Fsp3) is 0.600. The maximum Gasteiger partial charge on any atom is 0.334 e. The third kappa shape index (κ3) is 4.48. The average molecular weight is 408 g/mol. The standard InChI is InChI=1S/C20H29N3O4S/c1-16-5-7-18(8-6-16)28(26,27)23(20(25)22-11-3-4-12-22)15-19(24)21-13-9-17(2)10-14-21/h5-8,17H,3-4,9-15H2,1-2H3. The van der Waals surface area contributed by atoms with E-state index in [0.29, 0.717) is 32.1 Å². The Labute approximate surface area is 167 Å². The van der Waals surface area contributed by atoms with E-state index >= 15 is 0 Å². The van der Waals surface area contributed by atoms with Crippen molar-refractivity contribution in [2.75, 3.05) is 32.7 Å². The lowest BCUT2D eigenvalue weighted by atomic mass is 9.99. The summed E-state index contributed by atoms with van der Waals surface area (Å²) in [6.07, 6.45) is 3.50. The van der Waals surface area contributed by atoms with E-state index in [2.05, 4.69) is 6.92 Å². The Morgan fingerprint density at radius 1 is 1.00 bits per heavy atom. The molecule has 2 fully saturated rings. The van der Waals surface area contributed by atoms with Crippen molar-refractivity contribution in [1.29, 1.82) is 0 Å². The lowest BCUT2D eigenvalue weighted by Gasteiger charge is -2.33. The molecule has 2 saturated heterocycles. The summed E-state index contributed by atoms with van der Waals surface area (Å²) in [7, 11) is -4.10. The van der Waals surface area contributed by atoms with Crippen LogP contribution in [0.1, 0.15) is 38.2 Å². The molecule has 0 N–H and O–H groups in total. The molecule has 0 atom stereocenters. The zero-order chi connectivity index (χ0) is 20.3. The molecule has 1 aromatic rings. The summed E-state index contributed by atoms with van der Waals surface area (Å²) >= 11 is 0. The molecular weight excluding hydrogens is 378 g/mol. The first kappa shape index (κ1) is 20.6. The summed E-state index contributed by atoms with van der Waals surface area (Å²) in [5.74, 6) is 0.248. The summed E-state index contributed by atoms with van der Waals surface area (Å²) in [5, 5.41) is 0. The fourth-order valence-electron chi connectivity index (χ4n) is 3.64. The fourth-order valence-corrected chi connectivity index (χ4v) is 4.98. The topological polar surface area (TPSA) is 78.0 Å². The number of benzene rings is 1. The third-order valence-electron chi connectivity index (χ3n) is 5.61. The van der Waals surface area contributed by atoms with Gasteiger partial charge in [-0.15, -0.1) is 0 Å². The van der Waals surface area contributed by atoms with Gasteiger partial charge in [-0.3, -0.25) is 4.79 Å². The van der Waals surface area contributed by atoms with Crippen LogP contribution in [0, 0.1) is 12.8 Å². The van der Waals surface area contributed by atoms with Crippen molar-refractivity contribution in [1.82, 2.24) is 14.1 Å². The van der Waals surface area contributed by atoms with Crippen LogP contribution in [-0.4, -0.2) is 67.2 Å². The lowest BCUT2D eigenvalue weighted by Crippen LogP contribution is -2.51. The smallest absolute Gasteiger partial charge is 0.334 e. The number of piperidine rings is 1. The van der Waals surface area contributed by atoms with Gasteiger partial charge in [-0.1, -0.05) is 24.6 Å². The molecule has 1 aromatic carbocycles. The molecule has 2 aliphatic rings. The van der Waals surface area contributed by atoms with Crippen molar-refractivity contribution in [3.8, 4) is 0 Å². The number of urea groups is 1. The quantitative estimate of drug-likeness (QED) is 0.768. The van der Waals surface area contributed by atoms with Gasteiger partial charge in [-0.2, -0.15) is 0 Å². The molecule has 0 bridgehead atoms. The van der Waals surface area contributed by atoms with Gasteiger partial charge in [0, 0.05) is 26.2 Å². The van der Waals surface area contributed by atoms with E-state index in [1.54, 1.807) is 17.0 Å². The molecule has 154 valence electrons. The van der Waals surface area contributed by atoms with Gasteiger partial charge in [0.25, 0.3) is 10.0 Å². The molecule has 2 heterocycles. The molecule has 3 rings (SSSR count). The van der Waals surface area contributed by atoms with Crippen LogP contribution in [0.4, 0.5) is 4.79 Å². The van der Waals surface area contributed by atoms with Gasteiger partial charge >= 0.3 is 6.03 Å². The highest BCUT2D eigenvalue weighted by Gasteiger charge is 2.36. The summed E-state index contributed by atoms with van der Waals surface area (Å²) in [6.45, 7) is 5.83. The van der Waals surface area contributed by atoms with Gasteiger partial charge in [0.1, 0.15) is 6.54 Å². The molecule has 28 heavy (non-hydrogen) atoms. The maximum atomic E-state index is 13.2. The number of hydrogen-bond donors (Lipinski definition) is 0. The monoisotopic (exact) mass is 407 g/mol. The number of amides is 3. The maximum absolute atomic E-state index is 13.2. The summed E-state index contributed by atoms with van der Waals surface area (Å²) in [4.78, 5) is 29.1. The molecular formula is C20H29N3O4S. The predicted octanol–water partition coefficient (Wildman–Crippen LogP) is 2.46. The first-order chi connectivity index (χ1) is 13.3. The zero-order valence-electron chi connectivity index (χ0n) is 16.6. The molecule has 0 saturated carbocycles. The van der Waals surface area contributed by atoms with Crippen LogP contribution in [0.25, 0.3) is 0 Å². The van der Waals surface area contributed by atoms with Gasteiger partial charge in [-0.25, -0.2) is 17.5 Å². The first-order valence-corrected chi connectivity index (χ1v) is 11.4. The van der Waals surface area contributed by atoms with E-state index in [-0.39, 0.29) is 10.8 Å². The third-order valence-corrected chi connectivity index (χ3v) is 7.35. The molecule has 7 nitrogen and oxygen atoms in total. The normalized spacial score (nSPS) is 18.4. The minimum atomic E-state index is -4.10. The molecule has 0 unspecified atom stereocenters. The second kappa shape index (κ2) is 8.51. The van der Waals surface area contributed by atoms with Gasteiger partial charge < -0.3 is 9.80 Å². The number of sulfonamides is 1. The Morgan fingerprint density at radius 2 is 1.57 bits per heavy atom. The molecule has 0 aliphatic carbocycles. The Kier molecular flexibility index (Phi) is 6.27. The average Bonchev–Trinajstić information content (AvgIpc) is 3.21. The first-order valence-electron chi connectivity index (χ1n) is 9.95. The van der Waals surface area contributed by atoms with Gasteiger partial charge in [0.05, 0.1) is 4.90 Å². The number of carbonyl (C=O) groups is 2. The molecule has 3 amide bonds. The van der Waals surface area contributed by atoms with Crippen molar-refractivity contribution < 1.29 is 18.0 Å². The summed E-state index contributed by atoms with van der Waals surface area (Å²) in [5.41, 5.74) is 0.926. The molecule has 0 aromatic heterocycles. The van der Waals surface area contributed by atoms with Crippen molar-refractivity contribution >= 4 is 22.0 Å². The lowest BCUT2D eigenvalue weighted by molar-refractivity contribution is -0.132. The highest BCUT2D eigenvalue weighted by atomic mass is 32.2. The largest absolute Gasteiger partial charge is 0.341 e. The van der Waals surface area contributed by atoms with Crippen LogP contribution in [0.3, 0.4) is 0 Å². The number of likely N-dealkylation sites (tertiary alicyclic amines) is 2. The zero-order valence-corrected chi connectivity index (χ0v) is 17.5. The predicted molar refractivity (Wildman–Crippen MR) is 106 cm³/mol. The highest BCUT2D eigenvalue weighted by Crippen LogP contribution is 2.22. The molecule has 0 radical (unpaired) electrons. The van der Waals surface area contributed by atoms with Crippen LogP contribution in [0.15, 0.2) is 29.2 Å². The molecule has 2 aliphatic heterocycles. The van der Waals surface area contributed by atoms with Crippen LogP contribution < -0.4 is 0 Å². The Balaban J connectivity index is 1.85. The van der Waals surface area contributed by atoms with Crippen molar-refractivity contribution in [2.24, 2.45) is 5.92 Å². The number of rotatable bonds is 4. The number of nitrogens with zero attached hydrogens (tertiary/aromatic N) is 3.